The molecule has 0 radical (unpaired) electrons. The van der Waals surface area contributed by atoms with E-state index in [0.717, 1.165) is 37.7 Å². The highest BCUT2D eigenvalue weighted by Crippen LogP contribution is 2.40. The lowest BCUT2D eigenvalue weighted by Crippen LogP contribution is -2.44. The third kappa shape index (κ3) is 3.47. The third-order valence-corrected chi connectivity index (χ3v) is 5.82. The van der Waals surface area contributed by atoms with Crippen molar-refractivity contribution in [2.24, 2.45) is 11.3 Å². The van der Waals surface area contributed by atoms with Gasteiger partial charge in [0.05, 0.1) is 5.41 Å². The monoisotopic (exact) mass is 335 g/mol. The molecule has 0 unspecified atom stereocenters. The number of carboxylic acids is 1. The number of hydrogen-bond acceptors (Lipinski definition) is 3. The smallest absolute Gasteiger partial charge is 0.310 e. The lowest BCUT2D eigenvalue weighted by Gasteiger charge is -2.36. The number of benzene rings is 1. The van der Waals surface area contributed by atoms with Crippen LogP contribution in [-0.2, 0) is 4.79 Å². The lowest BCUT2D eigenvalue weighted by molar-refractivity contribution is -0.152. The number of carbonyl (C=O) groups is 1. The van der Waals surface area contributed by atoms with Crippen LogP contribution in [0.4, 0.5) is 4.39 Å². The van der Waals surface area contributed by atoms with Crippen molar-refractivity contribution >= 4 is 5.97 Å². The maximum atomic E-state index is 13.5. The molecular weight excluding hydrogens is 309 g/mol. The number of halogens is 1. The molecular formula is C19H26FNO3. The quantitative estimate of drug-likeness (QED) is 0.869. The second-order valence-electron chi connectivity index (χ2n) is 7.44. The Kier molecular flexibility index (Phi) is 5.21. The first-order valence-corrected chi connectivity index (χ1v) is 8.86. The minimum Gasteiger partial charge on any atom is -0.481 e. The first-order chi connectivity index (χ1) is 11.5. The fourth-order valence-electron chi connectivity index (χ4n) is 4.49. The fraction of sp³-hybridized carbons (Fsp3) is 0.632. The molecule has 2 aliphatic rings. The second kappa shape index (κ2) is 7.19. The molecule has 2 atom stereocenters. The normalized spacial score (nSPS) is 27.2. The largest absolute Gasteiger partial charge is 0.481 e. The summed E-state index contributed by atoms with van der Waals surface area (Å²) in [4.78, 5) is 14.0. The summed E-state index contributed by atoms with van der Waals surface area (Å²) in [6.07, 6.45) is 4.51. The van der Waals surface area contributed by atoms with E-state index in [-0.39, 0.29) is 24.3 Å². The molecule has 3 rings (SSSR count). The number of carboxylic acid groups (broad SMARTS) is 1. The Labute approximate surface area is 142 Å². The average molecular weight is 335 g/mol. The van der Waals surface area contributed by atoms with Crippen molar-refractivity contribution in [1.29, 1.82) is 0 Å². The molecule has 0 aromatic heterocycles. The van der Waals surface area contributed by atoms with Gasteiger partial charge in [-0.3, -0.25) is 4.79 Å². The van der Waals surface area contributed by atoms with Gasteiger partial charge in [0.25, 0.3) is 0 Å². The van der Waals surface area contributed by atoms with Gasteiger partial charge in [-0.2, -0.15) is 0 Å². The Morgan fingerprint density at radius 2 is 2.00 bits per heavy atom. The van der Waals surface area contributed by atoms with E-state index in [2.05, 4.69) is 4.90 Å². The van der Waals surface area contributed by atoms with Crippen molar-refractivity contribution in [3.63, 3.8) is 0 Å². The number of likely N-dealkylation sites (tertiary alicyclic amines) is 1. The van der Waals surface area contributed by atoms with Crippen LogP contribution in [0.15, 0.2) is 24.3 Å². The Hall–Kier alpha value is -1.46. The van der Waals surface area contributed by atoms with E-state index in [1.54, 1.807) is 6.07 Å². The van der Waals surface area contributed by atoms with Crippen molar-refractivity contribution < 1.29 is 19.4 Å². The molecule has 1 aliphatic carbocycles. The van der Waals surface area contributed by atoms with Crippen molar-refractivity contribution in [2.45, 2.75) is 38.0 Å². The van der Waals surface area contributed by atoms with Crippen LogP contribution < -0.4 is 0 Å². The zero-order valence-electron chi connectivity index (χ0n) is 14.0. The molecule has 2 N–H and O–H groups in total. The van der Waals surface area contributed by atoms with E-state index in [1.165, 1.54) is 12.1 Å². The van der Waals surface area contributed by atoms with Gasteiger partial charge in [0.15, 0.2) is 0 Å². The van der Waals surface area contributed by atoms with Crippen LogP contribution in [0.2, 0.25) is 0 Å². The van der Waals surface area contributed by atoms with E-state index in [0.29, 0.717) is 19.6 Å². The van der Waals surface area contributed by atoms with Gasteiger partial charge >= 0.3 is 5.97 Å². The van der Waals surface area contributed by atoms with Crippen LogP contribution in [0, 0.1) is 17.2 Å². The summed E-state index contributed by atoms with van der Waals surface area (Å²) < 4.78 is 13.5. The number of aliphatic carboxylic acids is 1. The van der Waals surface area contributed by atoms with Crippen LogP contribution in [-0.4, -0.2) is 47.3 Å². The van der Waals surface area contributed by atoms with E-state index in [4.69, 9.17) is 0 Å². The van der Waals surface area contributed by atoms with Crippen LogP contribution in [0.5, 0.6) is 0 Å². The predicted octanol–water partition coefficient (Wildman–Crippen LogP) is 2.87. The molecule has 2 fully saturated rings. The highest BCUT2D eigenvalue weighted by atomic mass is 19.1. The number of aliphatic hydroxyl groups is 1. The Morgan fingerprint density at radius 1 is 1.25 bits per heavy atom. The van der Waals surface area contributed by atoms with Gasteiger partial charge in [-0.25, -0.2) is 4.39 Å². The molecule has 1 aromatic carbocycles. The first-order valence-electron chi connectivity index (χ1n) is 8.86. The predicted molar refractivity (Wildman–Crippen MR) is 89.3 cm³/mol. The van der Waals surface area contributed by atoms with Gasteiger partial charge in [0.2, 0.25) is 0 Å². The van der Waals surface area contributed by atoms with Gasteiger partial charge in [0.1, 0.15) is 5.82 Å². The summed E-state index contributed by atoms with van der Waals surface area (Å²) in [5.74, 6) is -0.879. The van der Waals surface area contributed by atoms with Crippen LogP contribution >= 0.6 is 0 Å². The summed E-state index contributed by atoms with van der Waals surface area (Å²) >= 11 is 0. The van der Waals surface area contributed by atoms with Gasteiger partial charge in [-0.05, 0) is 30.5 Å². The minimum absolute atomic E-state index is 0.0289. The van der Waals surface area contributed by atoms with Gasteiger partial charge in [0, 0.05) is 38.1 Å². The maximum Gasteiger partial charge on any atom is 0.310 e. The Morgan fingerprint density at radius 3 is 2.62 bits per heavy atom. The standard InChI is InChI=1S/C19H26FNO3/c20-16-6-4-5-14(9-16)17-11-21(10-15(17)12-22)13-19(18(23)24)7-2-1-3-8-19/h4-6,9,15,17,22H,1-3,7-8,10-13H2,(H,23,24)/t15-,17-/m1/s1. The summed E-state index contributed by atoms with van der Waals surface area (Å²) in [6.45, 7) is 1.93. The van der Waals surface area contributed by atoms with Gasteiger partial charge < -0.3 is 15.1 Å². The molecule has 4 nitrogen and oxygen atoms in total. The summed E-state index contributed by atoms with van der Waals surface area (Å²) in [6, 6.07) is 6.55. The molecule has 1 saturated heterocycles. The molecule has 5 heteroatoms. The third-order valence-electron chi connectivity index (χ3n) is 5.82. The minimum atomic E-state index is -0.697. The number of nitrogens with zero attached hydrogens (tertiary/aromatic N) is 1. The van der Waals surface area contributed by atoms with Gasteiger partial charge in [-0.1, -0.05) is 31.4 Å². The molecule has 0 amide bonds. The molecule has 0 spiro atoms. The zero-order chi connectivity index (χ0) is 17.2. The number of aliphatic hydroxyl groups excluding tert-OH is 1. The summed E-state index contributed by atoms with van der Waals surface area (Å²) in [7, 11) is 0. The number of rotatable bonds is 5. The molecule has 0 bridgehead atoms. The molecule has 1 heterocycles. The van der Waals surface area contributed by atoms with Crippen molar-refractivity contribution in [3.05, 3.63) is 35.6 Å². The van der Waals surface area contributed by atoms with Crippen LogP contribution in [0.1, 0.15) is 43.6 Å². The summed E-state index contributed by atoms with van der Waals surface area (Å²) in [5.41, 5.74) is 0.235. The maximum absolute atomic E-state index is 13.5. The fourth-order valence-corrected chi connectivity index (χ4v) is 4.49. The highest BCUT2D eigenvalue weighted by molar-refractivity contribution is 5.75. The molecule has 1 saturated carbocycles. The van der Waals surface area contributed by atoms with Crippen molar-refractivity contribution in [1.82, 2.24) is 4.90 Å². The van der Waals surface area contributed by atoms with E-state index >= 15 is 0 Å². The topological polar surface area (TPSA) is 60.8 Å². The number of hydrogen-bond donors (Lipinski definition) is 2. The highest BCUT2D eigenvalue weighted by Gasteiger charge is 2.44. The summed E-state index contributed by atoms with van der Waals surface area (Å²) in [5, 5.41) is 19.5. The first kappa shape index (κ1) is 17.4. The van der Waals surface area contributed by atoms with E-state index in [9.17, 15) is 19.4 Å². The second-order valence-corrected chi connectivity index (χ2v) is 7.44. The van der Waals surface area contributed by atoms with Crippen LogP contribution in [0.3, 0.4) is 0 Å². The molecule has 24 heavy (non-hydrogen) atoms. The zero-order valence-corrected chi connectivity index (χ0v) is 14.0. The van der Waals surface area contributed by atoms with Gasteiger partial charge in [-0.15, -0.1) is 0 Å². The van der Waals surface area contributed by atoms with E-state index in [1.807, 2.05) is 6.07 Å². The van der Waals surface area contributed by atoms with Crippen LogP contribution in [0.25, 0.3) is 0 Å². The molecule has 1 aliphatic heterocycles. The lowest BCUT2D eigenvalue weighted by atomic mass is 9.73. The average Bonchev–Trinajstić information content (AvgIpc) is 2.98. The Bertz CT molecular complexity index is 586. The molecule has 132 valence electrons. The SMILES string of the molecule is O=C(O)C1(CN2C[C@H](CO)[C@@H](c3cccc(F)c3)C2)CCCCC1. The Balaban J connectivity index is 1.75. The van der Waals surface area contributed by atoms with Crippen molar-refractivity contribution in [3.8, 4) is 0 Å². The molecule has 1 aromatic rings. The van der Waals surface area contributed by atoms with Crippen molar-refractivity contribution in [2.75, 3.05) is 26.2 Å². The van der Waals surface area contributed by atoms with E-state index < -0.39 is 11.4 Å².